The Kier molecular flexibility index (Phi) is 5.67. The number of benzene rings is 1. The molecule has 25 heavy (non-hydrogen) atoms. The van der Waals surface area contributed by atoms with Gasteiger partial charge >= 0.3 is 0 Å². The largest absolute Gasteiger partial charge is 0.352 e. The van der Waals surface area contributed by atoms with Gasteiger partial charge in [0.15, 0.2) is 23.3 Å². The second-order valence-electron chi connectivity index (χ2n) is 5.83. The minimum absolute atomic E-state index is 0.152. The highest BCUT2D eigenvalue weighted by atomic mass is 32.2. The molecule has 0 heterocycles. The fraction of sp³-hybridized carbons (Fsp3) is 0.500. The molecule has 1 fully saturated rings. The quantitative estimate of drug-likeness (QED) is 0.470. The Morgan fingerprint density at radius 1 is 0.920 bits per heavy atom. The van der Waals surface area contributed by atoms with Crippen LogP contribution in [0, 0.1) is 35.0 Å². The zero-order valence-corrected chi connectivity index (χ0v) is 13.6. The lowest BCUT2D eigenvalue weighted by Crippen LogP contribution is -2.38. The van der Waals surface area contributed by atoms with Gasteiger partial charge in [-0.25, -0.2) is 35.5 Å². The second kappa shape index (κ2) is 7.24. The first kappa shape index (κ1) is 19.6. The molecule has 140 valence electrons. The van der Waals surface area contributed by atoms with Crippen LogP contribution in [0.2, 0.25) is 0 Å². The monoisotopic (exact) mass is 386 g/mol. The number of carbonyl (C=O) groups excluding carboxylic acids is 1. The number of carbonyl (C=O) groups is 1. The van der Waals surface area contributed by atoms with Crippen LogP contribution >= 0.6 is 0 Å². The molecule has 1 saturated carbocycles. The van der Waals surface area contributed by atoms with Crippen LogP contribution in [0.1, 0.15) is 31.2 Å². The van der Waals surface area contributed by atoms with Crippen LogP contribution < -0.4 is 10.5 Å². The van der Waals surface area contributed by atoms with Crippen molar-refractivity contribution in [1.29, 1.82) is 0 Å². The highest BCUT2D eigenvalue weighted by Crippen LogP contribution is 2.28. The zero-order chi connectivity index (χ0) is 18.9. The first-order valence-electron chi connectivity index (χ1n) is 7.33. The maximum atomic E-state index is 13.5. The molecule has 0 radical (unpaired) electrons. The minimum atomic E-state index is -3.70. The summed E-state index contributed by atoms with van der Waals surface area (Å²) in [6.07, 6.45) is 0.674. The lowest BCUT2D eigenvalue weighted by atomic mass is 9.88. The third kappa shape index (κ3) is 4.09. The van der Waals surface area contributed by atoms with Gasteiger partial charge in [0, 0.05) is 18.0 Å². The molecule has 0 atom stereocenters. The lowest BCUT2D eigenvalue weighted by molar-refractivity contribution is -0.126. The van der Waals surface area contributed by atoms with Gasteiger partial charge in [-0.1, -0.05) is 0 Å². The first-order chi connectivity index (χ1) is 11.5. The predicted molar refractivity (Wildman–Crippen MR) is 76.9 cm³/mol. The maximum absolute atomic E-state index is 13.5. The number of hydrogen-bond donors (Lipinski definition) is 2. The van der Waals surface area contributed by atoms with Crippen LogP contribution in [-0.4, -0.2) is 19.6 Å². The van der Waals surface area contributed by atoms with E-state index in [0.717, 1.165) is 0 Å². The number of primary sulfonamides is 1. The SMILES string of the molecule is NS(=O)(=O)C1CCC(C(=O)NCc2c(F)c(F)c(F)c(F)c2F)CC1. The molecule has 1 amide bonds. The number of hydrogen-bond acceptors (Lipinski definition) is 3. The highest BCUT2D eigenvalue weighted by Gasteiger charge is 2.32. The third-order valence-corrected chi connectivity index (χ3v) is 5.65. The molecule has 0 aliphatic heterocycles. The smallest absolute Gasteiger partial charge is 0.223 e. The van der Waals surface area contributed by atoms with Gasteiger partial charge in [-0.2, -0.15) is 0 Å². The van der Waals surface area contributed by atoms with Crippen molar-refractivity contribution in [2.45, 2.75) is 37.5 Å². The highest BCUT2D eigenvalue weighted by molar-refractivity contribution is 7.89. The van der Waals surface area contributed by atoms with Crippen LogP contribution in [0.15, 0.2) is 0 Å². The number of amides is 1. The molecule has 0 spiro atoms. The van der Waals surface area contributed by atoms with Crippen molar-refractivity contribution >= 4 is 15.9 Å². The molecule has 0 bridgehead atoms. The Bertz CT molecular complexity index is 763. The number of halogens is 5. The summed E-state index contributed by atoms with van der Waals surface area (Å²) >= 11 is 0. The molecule has 1 aromatic rings. The summed E-state index contributed by atoms with van der Waals surface area (Å²) in [5, 5.41) is 6.39. The van der Waals surface area contributed by atoms with Gasteiger partial charge in [-0.05, 0) is 25.7 Å². The molecule has 1 aliphatic carbocycles. The summed E-state index contributed by atoms with van der Waals surface area (Å²) in [6, 6.07) is 0. The van der Waals surface area contributed by atoms with E-state index in [1.165, 1.54) is 0 Å². The number of nitrogens with two attached hydrogens (primary N) is 1. The van der Waals surface area contributed by atoms with Crippen molar-refractivity contribution in [1.82, 2.24) is 5.32 Å². The molecule has 0 saturated heterocycles. The lowest BCUT2D eigenvalue weighted by Gasteiger charge is -2.26. The van der Waals surface area contributed by atoms with Crippen molar-refractivity contribution < 1.29 is 35.2 Å². The summed E-state index contributed by atoms with van der Waals surface area (Å²) in [5.41, 5.74) is -1.14. The van der Waals surface area contributed by atoms with E-state index in [2.05, 4.69) is 5.32 Å². The van der Waals surface area contributed by atoms with Crippen LogP contribution in [-0.2, 0) is 21.4 Å². The normalized spacial score (nSPS) is 21.2. The fourth-order valence-corrected chi connectivity index (χ4v) is 3.71. The van der Waals surface area contributed by atoms with Crippen molar-refractivity contribution in [3.05, 3.63) is 34.6 Å². The van der Waals surface area contributed by atoms with E-state index in [1.807, 2.05) is 0 Å². The maximum Gasteiger partial charge on any atom is 0.223 e. The average molecular weight is 386 g/mol. The Morgan fingerprint density at radius 3 is 1.80 bits per heavy atom. The Morgan fingerprint density at radius 2 is 1.36 bits per heavy atom. The summed E-state index contributed by atoms with van der Waals surface area (Å²) < 4.78 is 88.6. The first-order valence-corrected chi connectivity index (χ1v) is 8.94. The summed E-state index contributed by atoms with van der Waals surface area (Å²) in [4.78, 5) is 12.0. The molecule has 2 rings (SSSR count). The predicted octanol–water partition coefficient (Wildman–Crippen LogP) is 1.85. The topological polar surface area (TPSA) is 89.3 Å². The number of rotatable bonds is 4. The van der Waals surface area contributed by atoms with E-state index >= 15 is 0 Å². The number of sulfonamides is 1. The second-order valence-corrected chi connectivity index (χ2v) is 7.67. The van der Waals surface area contributed by atoms with E-state index < -0.39 is 68.3 Å². The zero-order valence-electron chi connectivity index (χ0n) is 12.8. The molecular weight excluding hydrogens is 371 g/mol. The van der Waals surface area contributed by atoms with Gasteiger partial charge in [-0.15, -0.1) is 0 Å². The summed E-state index contributed by atoms with van der Waals surface area (Å²) in [6.45, 7) is -0.875. The molecule has 11 heteroatoms. The molecule has 0 unspecified atom stereocenters. The molecule has 0 aromatic heterocycles. The van der Waals surface area contributed by atoms with Gasteiger partial charge in [0.05, 0.1) is 5.25 Å². The van der Waals surface area contributed by atoms with E-state index in [9.17, 15) is 35.2 Å². The van der Waals surface area contributed by atoms with Gasteiger partial charge < -0.3 is 5.32 Å². The molecule has 1 aliphatic rings. The van der Waals surface area contributed by atoms with Crippen LogP contribution in [0.25, 0.3) is 0 Å². The molecule has 3 N–H and O–H groups in total. The van der Waals surface area contributed by atoms with Crippen molar-refractivity contribution in [3.8, 4) is 0 Å². The summed E-state index contributed by atoms with van der Waals surface area (Å²) in [5.74, 6) is -11.7. The van der Waals surface area contributed by atoms with Gasteiger partial charge in [0.25, 0.3) is 0 Å². The van der Waals surface area contributed by atoms with Crippen LogP contribution in [0.5, 0.6) is 0 Å². The van der Waals surface area contributed by atoms with E-state index in [1.54, 1.807) is 0 Å². The van der Waals surface area contributed by atoms with Crippen molar-refractivity contribution in [2.75, 3.05) is 0 Å². The van der Waals surface area contributed by atoms with Gasteiger partial charge in [0.2, 0.25) is 21.7 Å². The number of nitrogens with one attached hydrogen (secondary N) is 1. The molecular formula is C14H15F5N2O3S. The molecule has 1 aromatic carbocycles. The van der Waals surface area contributed by atoms with Crippen molar-refractivity contribution in [2.24, 2.45) is 11.1 Å². The Hall–Kier alpha value is -1.75. The Labute approximate surface area is 140 Å². The van der Waals surface area contributed by atoms with E-state index in [4.69, 9.17) is 5.14 Å². The van der Waals surface area contributed by atoms with Crippen molar-refractivity contribution in [3.63, 3.8) is 0 Å². The van der Waals surface area contributed by atoms with Gasteiger partial charge in [-0.3, -0.25) is 4.79 Å². The molecule has 5 nitrogen and oxygen atoms in total. The minimum Gasteiger partial charge on any atom is -0.352 e. The third-order valence-electron chi connectivity index (χ3n) is 4.25. The average Bonchev–Trinajstić information content (AvgIpc) is 2.57. The van der Waals surface area contributed by atoms with E-state index in [0.29, 0.717) is 0 Å². The van der Waals surface area contributed by atoms with E-state index in [-0.39, 0.29) is 25.7 Å². The Balaban J connectivity index is 2.02. The van der Waals surface area contributed by atoms with Crippen LogP contribution in [0.4, 0.5) is 22.0 Å². The van der Waals surface area contributed by atoms with Crippen LogP contribution in [0.3, 0.4) is 0 Å². The standard InChI is InChI=1S/C14H15F5N2O3S/c15-9-8(10(16)12(18)13(19)11(9)17)5-21-14(22)6-1-3-7(4-2-6)25(20,23)24/h6-7H,1-5H2,(H,21,22)(H2,20,23,24). The fourth-order valence-electron chi connectivity index (χ4n) is 2.78. The summed E-state index contributed by atoms with van der Waals surface area (Å²) in [7, 11) is -3.70. The van der Waals surface area contributed by atoms with Gasteiger partial charge in [0.1, 0.15) is 0 Å².